The van der Waals surface area contributed by atoms with E-state index in [4.69, 9.17) is 21.1 Å². The Labute approximate surface area is 209 Å². The molecule has 0 radical (unpaired) electrons. The second-order valence-electron chi connectivity index (χ2n) is 8.11. The highest BCUT2D eigenvalue weighted by Gasteiger charge is 2.21. The highest BCUT2D eigenvalue weighted by atomic mass is 35.5. The van der Waals surface area contributed by atoms with Crippen molar-refractivity contribution in [2.45, 2.75) is 13.8 Å². The first-order chi connectivity index (χ1) is 16.8. The van der Waals surface area contributed by atoms with Crippen molar-refractivity contribution in [1.29, 1.82) is 0 Å². The highest BCUT2D eigenvalue weighted by molar-refractivity contribution is 6.34. The predicted molar refractivity (Wildman–Crippen MR) is 140 cm³/mol. The third-order valence-corrected chi connectivity index (χ3v) is 5.99. The van der Waals surface area contributed by atoms with Gasteiger partial charge in [0.15, 0.2) is 0 Å². The van der Waals surface area contributed by atoms with Crippen LogP contribution in [0.4, 0.5) is 5.69 Å². The van der Waals surface area contributed by atoms with Gasteiger partial charge in [-0.15, -0.1) is 0 Å². The van der Waals surface area contributed by atoms with Crippen molar-refractivity contribution in [2.75, 3.05) is 19.3 Å². The minimum absolute atomic E-state index is 0.230. The van der Waals surface area contributed by atoms with Gasteiger partial charge in [-0.05, 0) is 55.3 Å². The number of ether oxygens (including phenoxy) is 2. The molecule has 0 bridgehead atoms. The number of benzene rings is 3. The van der Waals surface area contributed by atoms with Crippen molar-refractivity contribution >= 4 is 40.2 Å². The quantitative estimate of drug-likeness (QED) is 0.187. The van der Waals surface area contributed by atoms with E-state index >= 15 is 0 Å². The zero-order chi connectivity index (χ0) is 25.1. The number of amides is 1. The van der Waals surface area contributed by atoms with Gasteiger partial charge in [-0.25, -0.2) is 0 Å². The lowest BCUT2D eigenvalue weighted by atomic mass is 9.96. The summed E-state index contributed by atoms with van der Waals surface area (Å²) in [5, 5.41) is 12.9. The number of aromatic nitrogens is 1. The van der Waals surface area contributed by atoms with Crippen molar-refractivity contribution in [2.24, 2.45) is 0 Å². The zero-order valence-electron chi connectivity index (χ0n) is 19.9. The Morgan fingerprint density at radius 3 is 2.37 bits per heavy atom. The molecule has 35 heavy (non-hydrogen) atoms. The van der Waals surface area contributed by atoms with E-state index in [1.54, 1.807) is 44.6 Å². The lowest BCUT2D eigenvalue weighted by Gasteiger charge is -2.20. The van der Waals surface area contributed by atoms with E-state index in [2.05, 4.69) is 4.98 Å². The fraction of sp³-hybridized carbons (Fsp3) is 0.143. The Kier molecular flexibility index (Phi) is 7.05. The lowest BCUT2D eigenvalue weighted by Crippen LogP contribution is -2.25. The van der Waals surface area contributed by atoms with Gasteiger partial charge in [0.1, 0.15) is 11.5 Å². The lowest BCUT2D eigenvalue weighted by molar-refractivity contribution is -0.118. The molecule has 6 nitrogen and oxygen atoms in total. The van der Waals surface area contributed by atoms with Crippen LogP contribution in [0.25, 0.3) is 28.1 Å². The van der Waals surface area contributed by atoms with E-state index in [0.717, 1.165) is 22.0 Å². The summed E-state index contributed by atoms with van der Waals surface area (Å²) in [4.78, 5) is 17.6. The summed E-state index contributed by atoms with van der Waals surface area (Å²) in [7, 11) is 3.10. The van der Waals surface area contributed by atoms with Gasteiger partial charge in [0.25, 0.3) is 5.91 Å². The fourth-order valence-corrected chi connectivity index (χ4v) is 4.27. The molecule has 1 amide bonds. The van der Waals surface area contributed by atoms with Gasteiger partial charge in [0, 0.05) is 33.7 Å². The zero-order valence-corrected chi connectivity index (χ0v) is 20.6. The number of pyridine rings is 1. The van der Waals surface area contributed by atoms with Gasteiger partial charge in [-0.3, -0.25) is 15.0 Å². The summed E-state index contributed by atoms with van der Waals surface area (Å²) in [5.74, 6) is 0.524. The van der Waals surface area contributed by atoms with Crippen molar-refractivity contribution in [3.63, 3.8) is 0 Å². The van der Waals surface area contributed by atoms with Gasteiger partial charge >= 0.3 is 0 Å². The SMILES string of the molecule is COc1cc(/C=C/C(=O)N(O)c2cnc3c(C)cc(C)cc3c2-c2ccccc2Cl)cc(OC)c1. The Bertz CT molecular complexity index is 1430. The number of fused-ring (bicyclic) bond motifs is 1. The molecule has 0 aliphatic rings. The van der Waals surface area contributed by atoms with Crippen LogP contribution in [0.1, 0.15) is 16.7 Å². The van der Waals surface area contributed by atoms with Crippen molar-refractivity contribution in [3.05, 3.63) is 88.6 Å². The fourth-order valence-electron chi connectivity index (χ4n) is 4.04. The average Bonchev–Trinajstić information content (AvgIpc) is 2.86. The Morgan fingerprint density at radius 2 is 1.71 bits per heavy atom. The molecular formula is C28H25ClN2O4. The summed E-state index contributed by atoms with van der Waals surface area (Å²) >= 11 is 6.55. The number of aryl methyl sites for hydroxylation is 2. The Morgan fingerprint density at radius 1 is 1.03 bits per heavy atom. The van der Waals surface area contributed by atoms with E-state index in [1.807, 2.05) is 44.2 Å². The van der Waals surface area contributed by atoms with Crippen LogP contribution in [0.3, 0.4) is 0 Å². The van der Waals surface area contributed by atoms with Crippen LogP contribution in [-0.2, 0) is 4.79 Å². The number of carbonyl (C=O) groups is 1. The number of anilines is 1. The third-order valence-electron chi connectivity index (χ3n) is 5.66. The van der Waals surface area contributed by atoms with Gasteiger partial charge in [-0.1, -0.05) is 41.4 Å². The maximum atomic E-state index is 13.0. The summed E-state index contributed by atoms with van der Waals surface area (Å²) in [6, 6.07) is 16.6. The number of hydrogen-bond acceptors (Lipinski definition) is 5. The molecule has 178 valence electrons. The molecule has 0 fully saturated rings. The third kappa shape index (κ3) is 4.99. The van der Waals surface area contributed by atoms with E-state index < -0.39 is 5.91 Å². The predicted octanol–water partition coefficient (Wildman–Crippen LogP) is 6.62. The largest absolute Gasteiger partial charge is 0.497 e. The molecular weight excluding hydrogens is 464 g/mol. The molecule has 4 aromatic rings. The van der Waals surface area contributed by atoms with Crippen LogP contribution < -0.4 is 14.5 Å². The first kappa shape index (κ1) is 24.3. The van der Waals surface area contributed by atoms with E-state index in [-0.39, 0.29) is 5.69 Å². The molecule has 0 aliphatic carbocycles. The molecule has 0 saturated heterocycles. The second kappa shape index (κ2) is 10.2. The molecule has 7 heteroatoms. The minimum Gasteiger partial charge on any atom is -0.497 e. The van der Waals surface area contributed by atoms with E-state index in [9.17, 15) is 10.0 Å². The molecule has 1 N–H and O–H groups in total. The van der Waals surface area contributed by atoms with Gasteiger partial charge in [-0.2, -0.15) is 5.06 Å². The molecule has 3 aromatic carbocycles. The number of hydrogen-bond donors (Lipinski definition) is 1. The van der Waals surface area contributed by atoms with Gasteiger partial charge in [0.05, 0.1) is 31.6 Å². The molecule has 1 heterocycles. The maximum absolute atomic E-state index is 13.0. The molecule has 0 aliphatic heterocycles. The van der Waals surface area contributed by atoms with Gasteiger partial charge in [0.2, 0.25) is 0 Å². The van der Waals surface area contributed by atoms with Crippen LogP contribution >= 0.6 is 11.6 Å². The van der Waals surface area contributed by atoms with Crippen molar-refractivity contribution in [1.82, 2.24) is 4.98 Å². The monoisotopic (exact) mass is 488 g/mol. The van der Waals surface area contributed by atoms with Crippen LogP contribution in [-0.4, -0.2) is 30.3 Å². The van der Waals surface area contributed by atoms with Crippen LogP contribution in [0.15, 0.2) is 66.9 Å². The van der Waals surface area contributed by atoms with Crippen molar-refractivity contribution < 1.29 is 19.5 Å². The summed E-state index contributed by atoms with van der Waals surface area (Å²) in [6.45, 7) is 3.97. The van der Waals surface area contributed by atoms with Crippen molar-refractivity contribution in [3.8, 4) is 22.6 Å². The Balaban J connectivity index is 1.81. The summed E-state index contributed by atoms with van der Waals surface area (Å²) in [5.41, 5.74) is 5.02. The minimum atomic E-state index is -0.648. The molecule has 1 aromatic heterocycles. The number of hydroxylamine groups is 1. The second-order valence-corrected chi connectivity index (χ2v) is 8.51. The first-order valence-electron chi connectivity index (χ1n) is 10.9. The first-order valence-corrected chi connectivity index (χ1v) is 11.3. The Hall–Kier alpha value is -3.87. The van der Waals surface area contributed by atoms with Gasteiger partial charge < -0.3 is 9.47 Å². The van der Waals surface area contributed by atoms with Crippen LogP contribution in [0.5, 0.6) is 11.5 Å². The maximum Gasteiger partial charge on any atom is 0.274 e. The number of nitrogens with zero attached hydrogens (tertiary/aromatic N) is 2. The number of halogens is 1. The summed E-state index contributed by atoms with van der Waals surface area (Å²) < 4.78 is 10.6. The van der Waals surface area contributed by atoms with E-state index in [1.165, 1.54) is 12.3 Å². The smallest absolute Gasteiger partial charge is 0.274 e. The number of carbonyl (C=O) groups excluding carboxylic acids is 1. The molecule has 0 spiro atoms. The van der Waals surface area contributed by atoms with E-state index in [0.29, 0.717) is 38.3 Å². The number of rotatable bonds is 6. The molecule has 0 atom stereocenters. The highest BCUT2D eigenvalue weighted by Crippen LogP contribution is 2.40. The topological polar surface area (TPSA) is 71.9 Å². The standard InChI is InChI=1S/C28H25ClN2O4/c1-17-11-18(2)28-23(12-17)27(22-7-5-6-8-24(22)29)25(16-30-28)31(33)26(32)10-9-19-13-20(34-3)15-21(14-19)35-4/h5-16,33H,1-4H3/b10-9+. The van der Waals surface area contributed by atoms with Crippen LogP contribution in [0.2, 0.25) is 5.02 Å². The summed E-state index contributed by atoms with van der Waals surface area (Å²) in [6.07, 6.45) is 4.34. The molecule has 0 saturated carbocycles. The molecule has 4 rings (SSSR count). The normalized spacial score (nSPS) is 11.1. The molecule has 0 unspecified atom stereocenters. The number of methoxy groups -OCH3 is 2. The van der Waals surface area contributed by atoms with Crippen LogP contribution in [0, 0.1) is 13.8 Å². The average molecular weight is 489 g/mol.